The zero-order valence-electron chi connectivity index (χ0n) is 11.1. The molecule has 1 aliphatic heterocycles. The lowest BCUT2D eigenvalue weighted by Gasteiger charge is -2.34. The summed E-state index contributed by atoms with van der Waals surface area (Å²) in [4.78, 5) is 16.8. The number of hydrogen-bond donors (Lipinski definition) is 0. The van der Waals surface area contributed by atoms with Gasteiger partial charge in [-0.3, -0.25) is 4.79 Å². The molecule has 0 N–H and O–H groups in total. The Hall–Kier alpha value is -1.22. The van der Waals surface area contributed by atoms with Crippen LogP contribution in [0.4, 0.5) is 0 Å². The highest BCUT2D eigenvalue weighted by atomic mass is 16.2. The minimum atomic E-state index is 0.222. The largest absolute Gasteiger partial charge is 0.339 e. The van der Waals surface area contributed by atoms with Crippen LogP contribution < -0.4 is 0 Å². The predicted molar refractivity (Wildman–Crippen MR) is 69.9 cm³/mol. The molecule has 0 aromatic carbocycles. The van der Waals surface area contributed by atoms with E-state index in [9.17, 15) is 4.79 Å². The highest BCUT2D eigenvalue weighted by molar-refractivity contribution is 5.79. The van der Waals surface area contributed by atoms with E-state index in [0.29, 0.717) is 24.9 Å². The average Bonchev–Trinajstić information content (AvgIpc) is 2.78. The van der Waals surface area contributed by atoms with Crippen LogP contribution in [-0.4, -0.2) is 29.9 Å². The van der Waals surface area contributed by atoms with Crippen molar-refractivity contribution in [1.82, 2.24) is 4.90 Å². The maximum atomic E-state index is 12.0. The molecule has 2 rings (SSSR count). The van der Waals surface area contributed by atoms with Crippen LogP contribution in [0.1, 0.15) is 45.4 Å². The molecule has 100 valence electrons. The fourth-order valence-corrected chi connectivity index (χ4v) is 3.35. The first kappa shape index (κ1) is 13.2. The number of amides is 1. The SMILES string of the molecule is C[C@@H](C1CCCCC1)N1CC(CN=[N+]=[N-])CC1=O. The van der Waals surface area contributed by atoms with Crippen LogP contribution in [0.2, 0.25) is 0 Å². The number of nitrogens with zero attached hydrogens (tertiary/aromatic N) is 4. The summed E-state index contributed by atoms with van der Waals surface area (Å²) in [5.74, 6) is 1.13. The van der Waals surface area contributed by atoms with Gasteiger partial charge < -0.3 is 4.90 Å². The van der Waals surface area contributed by atoms with Gasteiger partial charge in [-0.25, -0.2) is 0 Å². The lowest BCUT2D eigenvalue weighted by Crippen LogP contribution is -2.40. The first-order valence-corrected chi connectivity index (χ1v) is 7.02. The molecule has 18 heavy (non-hydrogen) atoms. The molecule has 1 amide bonds. The highest BCUT2D eigenvalue weighted by Gasteiger charge is 2.35. The lowest BCUT2D eigenvalue weighted by molar-refractivity contribution is -0.130. The molecule has 5 nitrogen and oxygen atoms in total. The fraction of sp³-hybridized carbons (Fsp3) is 0.923. The predicted octanol–water partition coefficient (Wildman–Crippen LogP) is 3.11. The molecule has 2 atom stereocenters. The van der Waals surface area contributed by atoms with Crippen molar-refractivity contribution in [2.24, 2.45) is 17.0 Å². The summed E-state index contributed by atoms with van der Waals surface area (Å²) >= 11 is 0. The van der Waals surface area contributed by atoms with Crippen molar-refractivity contribution in [2.45, 2.75) is 51.5 Å². The van der Waals surface area contributed by atoms with Crippen LogP contribution in [0.15, 0.2) is 5.11 Å². The van der Waals surface area contributed by atoms with E-state index in [0.717, 1.165) is 6.54 Å². The summed E-state index contributed by atoms with van der Waals surface area (Å²) in [6.45, 7) is 3.41. The Balaban J connectivity index is 1.91. The first-order chi connectivity index (χ1) is 8.72. The standard InChI is InChI=1S/C13H22N4O/c1-10(12-5-3-2-4-6-12)17-9-11(7-13(17)18)8-15-16-14/h10-12H,2-9H2,1H3/t10-,11?/m0/s1. The number of carbonyl (C=O) groups is 1. The molecule has 1 heterocycles. The van der Waals surface area contributed by atoms with Gasteiger partial charge in [0, 0.05) is 30.5 Å². The number of rotatable bonds is 4. The van der Waals surface area contributed by atoms with E-state index in [4.69, 9.17) is 5.53 Å². The van der Waals surface area contributed by atoms with Gasteiger partial charge >= 0.3 is 0 Å². The number of likely N-dealkylation sites (tertiary alicyclic amines) is 1. The molecule has 1 saturated heterocycles. The number of azide groups is 1. The van der Waals surface area contributed by atoms with E-state index in [1.54, 1.807) is 0 Å². The normalized spacial score (nSPS) is 27.1. The maximum Gasteiger partial charge on any atom is 0.223 e. The topological polar surface area (TPSA) is 69.1 Å². The quantitative estimate of drug-likeness (QED) is 0.429. The monoisotopic (exact) mass is 250 g/mol. The van der Waals surface area contributed by atoms with E-state index in [-0.39, 0.29) is 11.8 Å². The maximum absolute atomic E-state index is 12.0. The molecule has 0 radical (unpaired) electrons. The summed E-state index contributed by atoms with van der Waals surface area (Å²) < 4.78 is 0. The van der Waals surface area contributed by atoms with E-state index >= 15 is 0 Å². The van der Waals surface area contributed by atoms with Crippen molar-refractivity contribution in [3.63, 3.8) is 0 Å². The molecule has 2 fully saturated rings. The van der Waals surface area contributed by atoms with Crippen LogP contribution in [0.5, 0.6) is 0 Å². The van der Waals surface area contributed by atoms with Gasteiger partial charge in [0.05, 0.1) is 0 Å². The van der Waals surface area contributed by atoms with Crippen LogP contribution >= 0.6 is 0 Å². The van der Waals surface area contributed by atoms with Gasteiger partial charge in [0.25, 0.3) is 0 Å². The Bertz CT molecular complexity index is 345. The summed E-state index contributed by atoms with van der Waals surface area (Å²) in [7, 11) is 0. The van der Waals surface area contributed by atoms with E-state index in [1.807, 2.05) is 4.90 Å². The second kappa shape index (κ2) is 6.10. The summed E-state index contributed by atoms with van der Waals surface area (Å²) in [5.41, 5.74) is 8.33. The Morgan fingerprint density at radius 2 is 2.17 bits per heavy atom. The number of hydrogen-bond acceptors (Lipinski definition) is 2. The molecule has 1 aliphatic carbocycles. The van der Waals surface area contributed by atoms with E-state index in [1.165, 1.54) is 32.1 Å². The third-order valence-electron chi connectivity index (χ3n) is 4.47. The van der Waals surface area contributed by atoms with Crippen LogP contribution in [0.25, 0.3) is 10.4 Å². The van der Waals surface area contributed by atoms with Gasteiger partial charge in [0.1, 0.15) is 0 Å². The van der Waals surface area contributed by atoms with Gasteiger partial charge in [-0.2, -0.15) is 0 Å². The second-order valence-corrected chi connectivity index (χ2v) is 5.67. The molecule has 0 bridgehead atoms. The van der Waals surface area contributed by atoms with Crippen molar-refractivity contribution in [1.29, 1.82) is 0 Å². The van der Waals surface area contributed by atoms with Gasteiger partial charge in [0.15, 0.2) is 0 Å². The van der Waals surface area contributed by atoms with Crippen LogP contribution in [0.3, 0.4) is 0 Å². The van der Waals surface area contributed by atoms with Crippen molar-refractivity contribution >= 4 is 5.91 Å². The molecule has 1 saturated carbocycles. The molecular weight excluding hydrogens is 228 g/mol. The van der Waals surface area contributed by atoms with E-state index < -0.39 is 0 Å². The Labute approximate surface area is 108 Å². The third kappa shape index (κ3) is 2.96. The molecule has 2 aliphatic rings. The average molecular weight is 250 g/mol. The second-order valence-electron chi connectivity index (χ2n) is 5.67. The van der Waals surface area contributed by atoms with Gasteiger partial charge in [-0.15, -0.1) is 0 Å². The summed E-state index contributed by atoms with van der Waals surface area (Å²) in [5, 5.41) is 3.60. The third-order valence-corrected chi connectivity index (χ3v) is 4.47. The first-order valence-electron chi connectivity index (χ1n) is 7.02. The molecular formula is C13H22N4O. The zero-order chi connectivity index (χ0) is 13.0. The van der Waals surface area contributed by atoms with Crippen molar-refractivity contribution in [3.8, 4) is 0 Å². The smallest absolute Gasteiger partial charge is 0.223 e. The molecule has 0 aromatic rings. The minimum absolute atomic E-state index is 0.222. The van der Waals surface area contributed by atoms with E-state index in [2.05, 4.69) is 16.9 Å². The van der Waals surface area contributed by atoms with Gasteiger partial charge in [-0.1, -0.05) is 24.4 Å². The Morgan fingerprint density at radius 1 is 1.44 bits per heavy atom. The molecule has 5 heteroatoms. The molecule has 1 unspecified atom stereocenters. The van der Waals surface area contributed by atoms with Gasteiger partial charge in [0.2, 0.25) is 5.91 Å². The highest BCUT2D eigenvalue weighted by Crippen LogP contribution is 2.31. The summed E-state index contributed by atoms with van der Waals surface area (Å²) in [6.07, 6.45) is 7.02. The molecule has 0 spiro atoms. The molecule has 0 aromatic heterocycles. The summed E-state index contributed by atoms with van der Waals surface area (Å²) in [6, 6.07) is 0.355. The Kier molecular flexibility index (Phi) is 4.48. The fourth-order valence-electron chi connectivity index (χ4n) is 3.35. The Morgan fingerprint density at radius 3 is 2.83 bits per heavy atom. The van der Waals surface area contributed by atoms with Crippen LogP contribution in [-0.2, 0) is 4.79 Å². The number of carbonyl (C=O) groups excluding carboxylic acids is 1. The van der Waals surface area contributed by atoms with Crippen molar-refractivity contribution < 1.29 is 4.79 Å². The van der Waals surface area contributed by atoms with Crippen molar-refractivity contribution in [3.05, 3.63) is 10.4 Å². The van der Waals surface area contributed by atoms with Crippen LogP contribution in [0, 0.1) is 11.8 Å². The van der Waals surface area contributed by atoms with Gasteiger partial charge in [-0.05, 0) is 37.1 Å². The minimum Gasteiger partial charge on any atom is -0.339 e. The van der Waals surface area contributed by atoms with Crippen molar-refractivity contribution in [2.75, 3.05) is 13.1 Å². The zero-order valence-corrected chi connectivity index (χ0v) is 11.1. The lowest BCUT2D eigenvalue weighted by atomic mass is 9.84.